The molecule has 2 N–H and O–H groups in total. The highest BCUT2D eigenvalue weighted by molar-refractivity contribution is 8.13. The lowest BCUT2D eigenvalue weighted by Gasteiger charge is -1.98. The van der Waals surface area contributed by atoms with Crippen molar-refractivity contribution in [1.82, 2.24) is 0 Å². The number of hydrogen-bond donors (Lipinski definition) is 1. The fourth-order valence-corrected chi connectivity index (χ4v) is 1.83. The van der Waals surface area contributed by atoms with Gasteiger partial charge in [0.25, 0.3) is 5.69 Å². The molecule has 7 heteroatoms. The molecular formula is C13H12N2O4S. The Kier molecular flexibility index (Phi) is 5.74. The standard InChI is InChI=1S/C13H12N2O4S/c1-9(16)20-5-3-2-4-10-6-11(13(14)17)8-12(7-10)15(18)19/h6-8H,3,5H2,1H3,(H2,14,17). The summed E-state index contributed by atoms with van der Waals surface area (Å²) in [6.07, 6.45) is 0.471. The van der Waals surface area contributed by atoms with Crippen LogP contribution in [0.4, 0.5) is 5.69 Å². The summed E-state index contributed by atoms with van der Waals surface area (Å²) in [7, 11) is 0. The number of nitrogens with zero attached hydrogens (tertiary/aromatic N) is 1. The molecule has 1 amide bonds. The normalized spacial score (nSPS) is 9.45. The molecule has 20 heavy (non-hydrogen) atoms. The van der Waals surface area contributed by atoms with Gasteiger partial charge in [0.2, 0.25) is 5.91 Å². The zero-order valence-corrected chi connectivity index (χ0v) is 11.5. The number of benzene rings is 1. The highest BCUT2D eigenvalue weighted by Crippen LogP contribution is 2.16. The highest BCUT2D eigenvalue weighted by atomic mass is 32.2. The molecule has 0 aromatic heterocycles. The summed E-state index contributed by atoms with van der Waals surface area (Å²) in [4.78, 5) is 31.9. The van der Waals surface area contributed by atoms with Gasteiger partial charge < -0.3 is 5.73 Å². The Morgan fingerprint density at radius 1 is 1.40 bits per heavy atom. The van der Waals surface area contributed by atoms with Crippen molar-refractivity contribution in [3.8, 4) is 11.8 Å². The Bertz CT molecular complexity index is 584. The highest BCUT2D eigenvalue weighted by Gasteiger charge is 2.11. The van der Waals surface area contributed by atoms with E-state index in [1.165, 1.54) is 19.1 Å². The SMILES string of the molecule is CC(=O)SCCC#Cc1cc(C(N)=O)cc([N+](=O)[O-])c1. The lowest BCUT2D eigenvalue weighted by Crippen LogP contribution is -2.11. The second-order valence-corrected chi connectivity index (χ2v) is 5.05. The van der Waals surface area contributed by atoms with Gasteiger partial charge in [0, 0.05) is 42.4 Å². The number of nitro benzene ring substituents is 1. The van der Waals surface area contributed by atoms with Crippen molar-refractivity contribution in [3.63, 3.8) is 0 Å². The van der Waals surface area contributed by atoms with E-state index in [1.807, 2.05) is 0 Å². The van der Waals surface area contributed by atoms with Gasteiger partial charge in [-0.3, -0.25) is 19.7 Å². The Balaban J connectivity index is 2.89. The predicted octanol–water partition coefficient (Wildman–Crippen LogP) is 1.71. The van der Waals surface area contributed by atoms with Crippen LogP contribution in [0.15, 0.2) is 18.2 Å². The van der Waals surface area contributed by atoms with Gasteiger partial charge in [0.05, 0.1) is 4.92 Å². The minimum absolute atomic E-state index is 0.0122. The molecule has 6 nitrogen and oxygen atoms in total. The smallest absolute Gasteiger partial charge is 0.271 e. The maximum absolute atomic E-state index is 11.1. The maximum atomic E-state index is 11.1. The first-order chi connectivity index (χ1) is 9.40. The molecule has 0 aliphatic carbocycles. The number of hydrogen-bond acceptors (Lipinski definition) is 5. The van der Waals surface area contributed by atoms with Gasteiger partial charge in [-0.15, -0.1) is 0 Å². The first-order valence-electron chi connectivity index (χ1n) is 5.61. The zero-order valence-electron chi connectivity index (χ0n) is 10.7. The summed E-state index contributed by atoms with van der Waals surface area (Å²) < 4.78 is 0. The van der Waals surface area contributed by atoms with E-state index in [0.717, 1.165) is 17.8 Å². The average Bonchev–Trinajstić information content (AvgIpc) is 2.37. The molecule has 0 fully saturated rings. The van der Waals surface area contributed by atoms with Gasteiger partial charge in [-0.2, -0.15) is 0 Å². The van der Waals surface area contributed by atoms with Crippen LogP contribution < -0.4 is 5.73 Å². The molecule has 0 radical (unpaired) electrons. The minimum Gasteiger partial charge on any atom is -0.366 e. The molecule has 1 aromatic rings. The number of non-ortho nitro benzene ring substituents is 1. The zero-order chi connectivity index (χ0) is 15.1. The fourth-order valence-electron chi connectivity index (χ4n) is 1.34. The van der Waals surface area contributed by atoms with Gasteiger partial charge >= 0.3 is 0 Å². The van der Waals surface area contributed by atoms with Crippen LogP contribution in [0.25, 0.3) is 0 Å². The van der Waals surface area contributed by atoms with Crippen molar-refractivity contribution in [1.29, 1.82) is 0 Å². The van der Waals surface area contributed by atoms with Gasteiger partial charge in [0.15, 0.2) is 5.12 Å². The number of carbonyl (C=O) groups is 2. The number of rotatable bonds is 4. The van der Waals surface area contributed by atoms with Crippen molar-refractivity contribution in [2.75, 3.05) is 5.75 Å². The molecule has 1 rings (SSSR count). The summed E-state index contributed by atoms with van der Waals surface area (Å²) >= 11 is 1.16. The minimum atomic E-state index is -0.746. The molecule has 0 aliphatic rings. The van der Waals surface area contributed by atoms with Crippen molar-refractivity contribution in [2.45, 2.75) is 13.3 Å². The average molecular weight is 292 g/mol. The number of nitrogens with two attached hydrogens (primary N) is 1. The van der Waals surface area contributed by atoms with Gasteiger partial charge in [-0.25, -0.2) is 0 Å². The van der Waals surface area contributed by atoms with Crippen LogP contribution >= 0.6 is 11.8 Å². The van der Waals surface area contributed by atoms with Crippen LogP contribution in [-0.4, -0.2) is 21.7 Å². The number of thioether (sulfide) groups is 1. The number of amides is 1. The molecule has 1 aromatic carbocycles. The predicted molar refractivity (Wildman–Crippen MR) is 76.2 cm³/mol. The molecule has 0 unspecified atom stereocenters. The van der Waals surface area contributed by atoms with Crippen LogP contribution in [0.1, 0.15) is 29.3 Å². The van der Waals surface area contributed by atoms with Gasteiger partial charge in [0.1, 0.15) is 0 Å². The van der Waals surface area contributed by atoms with E-state index in [1.54, 1.807) is 0 Å². The Morgan fingerprint density at radius 3 is 2.65 bits per heavy atom. The molecule has 104 valence electrons. The fraction of sp³-hybridized carbons (Fsp3) is 0.231. The Morgan fingerprint density at radius 2 is 2.10 bits per heavy atom. The van der Waals surface area contributed by atoms with E-state index < -0.39 is 10.8 Å². The number of primary amides is 1. The second-order valence-electron chi connectivity index (χ2n) is 3.78. The van der Waals surface area contributed by atoms with Crippen LogP contribution in [0.5, 0.6) is 0 Å². The lowest BCUT2D eigenvalue weighted by atomic mass is 10.1. The molecular weight excluding hydrogens is 280 g/mol. The van der Waals surface area contributed by atoms with Crippen LogP contribution in [0.3, 0.4) is 0 Å². The van der Waals surface area contributed by atoms with Crippen LogP contribution in [-0.2, 0) is 4.79 Å². The summed E-state index contributed by atoms with van der Waals surface area (Å²) in [6.45, 7) is 1.47. The van der Waals surface area contributed by atoms with E-state index in [0.29, 0.717) is 17.7 Å². The molecule has 0 spiro atoms. The quantitative estimate of drug-likeness (QED) is 0.394. The van der Waals surface area contributed by atoms with Crippen LogP contribution in [0.2, 0.25) is 0 Å². The van der Waals surface area contributed by atoms with Crippen molar-refractivity contribution in [2.24, 2.45) is 5.73 Å². The van der Waals surface area contributed by atoms with Crippen LogP contribution in [0, 0.1) is 22.0 Å². The first-order valence-corrected chi connectivity index (χ1v) is 6.60. The summed E-state index contributed by atoms with van der Waals surface area (Å²) in [5, 5.41) is 10.8. The third-order valence-corrected chi connectivity index (χ3v) is 2.99. The summed E-state index contributed by atoms with van der Waals surface area (Å²) in [5.74, 6) is 5.32. The second kappa shape index (κ2) is 7.31. The first kappa shape index (κ1) is 15.7. The van der Waals surface area contributed by atoms with E-state index >= 15 is 0 Å². The van der Waals surface area contributed by atoms with E-state index in [2.05, 4.69) is 11.8 Å². The van der Waals surface area contributed by atoms with E-state index in [4.69, 9.17) is 5.73 Å². The largest absolute Gasteiger partial charge is 0.366 e. The van der Waals surface area contributed by atoms with Gasteiger partial charge in [-0.05, 0) is 6.07 Å². The molecule has 0 saturated heterocycles. The van der Waals surface area contributed by atoms with E-state index in [9.17, 15) is 19.7 Å². The number of nitro groups is 1. The van der Waals surface area contributed by atoms with E-state index in [-0.39, 0.29) is 16.4 Å². The Labute approximate surface area is 119 Å². The molecule has 0 aliphatic heterocycles. The van der Waals surface area contributed by atoms with Gasteiger partial charge in [-0.1, -0.05) is 23.6 Å². The molecule has 0 saturated carbocycles. The van der Waals surface area contributed by atoms with Crippen molar-refractivity contribution in [3.05, 3.63) is 39.4 Å². The van der Waals surface area contributed by atoms with Crippen molar-refractivity contribution >= 4 is 28.5 Å². The maximum Gasteiger partial charge on any atom is 0.271 e. The summed E-state index contributed by atoms with van der Waals surface area (Å²) in [6, 6.07) is 3.79. The molecule has 0 atom stereocenters. The molecule has 0 heterocycles. The molecule has 0 bridgehead atoms. The van der Waals surface area contributed by atoms with Crippen molar-refractivity contribution < 1.29 is 14.5 Å². The Hall–Kier alpha value is -2.33. The third-order valence-electron chi connectivity index (χ3n) is 2.18. The topological polar surface area (TPSA) is 103 Å². The lowest BCUT2D eigenvalue weighted by molar-refractivity contribution is -0.384. The third kappa shape index (κ3) is 5.12. The number of carbonyl (C=O) groups excluding carboxylic acids is 2. The summed E-state index contributed by atoms with van der Waals surface area (Å²) in [5.41, 5.74) is 5.27. The monoisotopic (exact) mass is 292 g/mol.